The van der Waals surface area contributed by atoms with Gasteiger partial charge in [-0.25, -0.2) is 17.2 Å². The molecule has 0 atom stereocenters. The van der Waals surface area contributed by atoms with Gasteiger partial charge in [-0.05, 0) is 18.9 Å². The molecular formula is C12H15ClF2N2O3S. The van der Waals surface area contributed by atoms with Crippen molar-refractivity contribution < 1.29 is 22.0 Å². The second-order valence-corrected chi connectivity index (χ2v) is 7.56. The van der Waals surface area contributed by atoms with Gasteiger partial charge < -0.3 is 9.88 Å². The molecule has 1 aliphatic rings. The molecule has 0 aliphatic heterocycles. The Morgan fingerprint density at radius 1 is 1.43 bits per heavy atom. The number of halogens is 3. The molecule has 0 spiro atoms. The SMILES string of the molecule is O=C(NC1CCCC1)c1cc(S(=O)(=O)Cl)cn1CC(F)F. The molecule has 1 aromatic rings. The minimum absolute atomic E-state index is 0.00320. The third kappa shape index (κ3) is 4.16. The fraction of sp³-hybridized carbons (Fsp3) is 0.583. The summed E-state index contributed by atoms with van der Waals surface area (Å²) in [5.74, 6) is -0.561. The zero-order valence-corrected chi connectivity index (χ0v) is 12.6. The van der Waals surface area contributed by atoms with E-state index in [2.05, 4.69) is 5.32 Å². The van der Waals surface area contributed by atoms with E-state index < -0.39 is 27.9 Å². The Hall–Kier alpha value is -1.15. The van der Waals surface area contributed by atoms with Crippen molar-refractivity contribution in [3.05, 3.63) is 18.0 Å². The Bertz CT molecular complexity index is 624. The van der Waals surface area contributed by atoms with Crippen LogP contribution in [0.25, 0.3) is 0 Å². The van der Waals surface area contributed by atoms with Crippen molar-refractivity contribution in [3.8, 4) is 0 Å². The number of hydrogen-bond acceptors (Lipinski definition) is 3. The maximum absolute atomic E-state index is 12.5. The largest absolute Gasteiger partial charge is 0.348 e. The third-order valence-corrected chi connectivity index (χ3v) is 4.73. The predicted molar refractivity (Wildman–Crippen MR) is 73.2 cm³/mol. The molecule has 1 N–H and O–H groups in total. The molecule has 0 radical (unpaired) electrons. The first-order valence-corrected chi connectivity index (χ1v) is 8.82. The van der Waals surface area contributed by atoms with E-state index in [1.165, 1.54) is 0 Å². The topological polar surface area (TPSA) is 68.2 Å². The van der Waals surface area contributed by atoms with E-state index in [4.69, 9.17) is 10.7 Å². The van der Waals surface area contributed by atoms with E-state index in [0.29, 0.717) is 0 Å². The van der Waals surface area contributed by atoms with E-state index in [1.807, 2.05) is 0 Å². The number of hydrogen-bond donors (Lipinski definition) is 1. The molecule has 9 heteroatoms. The number of alkyl halides is 2. The number of nitrogens with one attached hydrogen (secondary N) is 1. The van der Waals surface area contributed by atoms with E-state index in [1.54, 1.807) is 0 Å². The summed E-state index contributed by atoms with van der Waals surface area (Å²) in [4.78, 5) is 11.8. The van der Waals surface area contributed by atoms with Gasteiger partial charge in [0.05, 0.1) is 6.54 Å². The molecule has 0 saturated heterocycles. The molecule has 118 valence electrons. The van der Waals surface area contributed by atoms with Crippen LogP contribution in [0, 0.1) is 0 Å². The van der Waals surface area contributed by atoms with Gasteiger partial charge in [-0.1, -0.05) is 12.8 Å². The van der Waals surface area contributed by atoms with Gasteiger partial charge in [0.25, 0.3) is 21.4 Å². The summed E-state index contributed by atoms with van der Waals surface area (Å²) in [5, 5.41) is 2.73. The Morgan fingerprint density at radius 2 is 2.05 bits per heavy atom. The minimum Gasteiger partial charge on any atom is -0.348 e. The highest BCUT2D eigenvalue weighted by Gasteiger charge is 2.24. The highest BCUT2D eigenvalue weighted by molar-refractivity contribution is 8.13. The van der Waals surface area contributed by atoms with Crippen molar-refractivity contribution in [1.82, 2.24) is 9.88 Å². The lowest BCUT2D eigenvalue weighted by Gasteiger charge is -2.13. The fourth-order valence-corrected chi connectivity index (χ4v) is 3.20. The van der Waals surface area contributed by atoms with E-state index in [9.17, 15) is 22.0 Å². The molecule has 2 rings (SSSR count). The van der Waals surface area contributed by atoms with E-state index in [-0.39, 0.29) is 16.6 Å². The van der Waals surface area contributed by atoms with Gasteiger partial charge in [0.2, 0.25) is 0 Å². The first kappa shape index (κ1) is 16.2. The van der Waals surface area contributed by atoms with Crippen LogP contribution in [0.2, 0.25) is 0 Å². The lowest BCUT2D eigenvalue weighted by molar-refractivity contribution is 0.0915. The summed E-state index contributed by atoms with van der Waals surface area (Å²) in [6.07, 6.45) is 1.93. The van der Waals surface area contributed by atoms with Crippen LogP contribution >= 0.6 is 10.7 Å². The summed E-state index contributed by atoms with van der Waals surface area (Å²) in [7, 11) is 1.12. The number of amides is 1. The van der Waals surface area contributed by atoms with Crippen molar-refractivity contribution in [2.45, 2.75) is 49.6 Å². The van der Waals surface area contributed by atoms with Gasteiger partial charge in [-0.2, -0.15) is 0 Å². The van der Waals surface area contributed by atoms with Gasteiger partial charge in [-0.15, -0.1) is 0 Å². The molecule has 0 aromatic carbocycles. The standard InChI is InChI=1S/C12H15ClF2N2O3S/c13-21(19,20)9-5-10(17(6-9)7-11(14)15)12(18)16-8-3-1-2-4-8/h5-6,8,11H,1-4,7H2,(H,16,18). The van der Waals surface area contributed by atoms with Crippen LogP contribution in [0.1, 0.15) is 36.2 Å². The van der Waals surface area contributed by atoms with Gasteiger partial charge >= 0.3 is 0 Å². The molecular weight excluding hydrogens is 326 g/mol. The zero-order chi connectivity index (χ0) is 15.6. The second kappa shape index (κ2) is 6.31. The lowest BCUT2D eigenvalue weighted by atomic mass is 10.2. The van der Waals surface area contributed by atoms with Crippen molar-refractivity contribution in [3.63, 3.8) is 0 Å². The minimum atomic E-state index is -4.07. The lowest BCUT2D eigenvalue weighted by Crippen LogP contribution is -2.34. The average molecular weight is 341 g/mol. The zero-order valence-electron chi connectivity index (χ0n) is 11.1. The quantitative estimate of drug-likeness (QED) is 0.837. The second-order valence-electron chi connectivity index (χ2n) is 5.00. The molecule has 1 heterocycles. The molecule has 1 aliphatic carbocycles. The first-order chi connectivity index (χ1) is 9.77. The number of carbonyl (C=O) groups is 1. The van der Waals surface area contributed by atoms with Gasteiger partial charge in [0.1, 0.15) is 10.6 Å². The number of nitrogens with zero attached hydrogens (tertiary/aromatic N) is 1. The fourth-order valence-electron chi connectivity index (χ4n) is 2.44. The smallest absolute Gasteiger partial charge is 0.268 e. The summed E-state index contributed by atoms with van der Waals surface area (Å²) in [6, 6.07) is 1.03. The number of aromatic nitrogens is 1. The van der Waals surface area contributed by atoms with Crippen LogP contribution < -0.4 is 5.32 Å². The first-order valence-electron chi connectivity index (χ1n) is 6.51. The summed E-state index contributed by atoms with van der Waals surface area (Å²) >= 11 is 0. The van der Waals surface area contributed by atoms with Gasteiger partial charge in [-0.3, -0.25) is 4.79 Å². The maximum atomic E-state index is 12.5. The van der Waals surface area contributed by atoms with Crippen LogP contribution in [0.5, 0.6) is 0 Å². The van der Waals surface area contributed by atoms with Crippen LogP contribution in [-0.2, 0) is 15.6 Å². The highest BCUT2D eigenvalue weighted by atomic mass is 35.7. The number of rotatable bonds is 5. The third-order valence-electron chi connectivity index (χ3n) is 3.41. The predicted octanol–water partition coefficient (Wildman–Crippen LogP) is 2.35. The maximum Gasteiger partial charge on any atom is 0.268 e. The van der Waals surface area contributed by atoms with Crippen molar-refractivity contribution in [2.75, 3.05) is 0 Å². The monoisotopic (exact) mass is 340 g/mol. The van der Waals surface area contributed by atoms with Crippen LogP contribution in [0.4, 0.5) is 8.78 Å². The highest BCUT2D eigenvalue weighted by Crippen LogP contribution is 2.22. The van der Waals surface area contributed by atoms with Crippen molar-refractivity contribution in [1.29, 1.82) is 0 Å². The van der Waals surface area contributed by atoms with Crippen molar-refractivity contribution in [2.24, 2.45) is 0 Å². The van der Waals surface area contributed by atoms with E-state index >= 15 is 0 Å². The molecule has 1 aromatic heterocycles. The molecule has 5 nitrogen and oxygen atoms in total. The summed E-state index contributed by atoms with van der Waals surface area (Å²) < 4.78 is 48.6. The van der Waals surface area contributed by atoms with E-state index in [0.717, 1.165) is 42.5 Å². The van der Waals surface area contributed by atoms with Crippen LogP contribution in [-0.4, -0.2) is 31.4 Å². The Balaban J connectivity index is 2.26. The Kier molecular flexibility index (Phi) is 4.88. The summed E-state index contributed by atoms with van der Waals surface area (Å²) in [5.41, 5.74) is -0.124. The molecule has 1 saturated carbocycles. The molecule has 0 bridgehead atoms. The normalized spacial score (nSPS) is 16.6. The van der Waals surface area contributed by atoms with Gasteiger partial charge in [0.15, 0.2) is 0 Å². The van der Waals surface area contributed by atoms with Gasteiger partial charge in [0, 0.05) is 22.9 Å². The summed E-state index contributed by atoms with van der Waals surface area (Å²) in [6.45, 7) is -0.764. The Labute approximate surface area is 125 Å². The van der Waals surface area contributed by atoms with Crippen LogP contribution in [0.3, 0.4) is 0 Å². The molecule has 21 heavy (non-hydrogen) atoms. The number of carbonyl (C=O) groups excluding carboxylic acids is 1. The molecule has 1 amide bonds. The van der Waals surface area contributed by atoms with Crippen LogP contribution in [0.15, 0.2) is 17.2 Å². The molecule has 0 unspecified atom stereocenters. The van der Waals surface area contributed by atoms with Crippen molar-refractivity contribution >= 4 is 25.6 Å². The molecule has 1 fully saturated rings. The average Bonchev–Trinajstić information content (AvgIpc) is 2.96. The Morgan fingerprint density at radius 3 is 2.57 bits per heavy atom.